The molecule has 2 aliphatic rings. The largest absolute Gasteiger partial charge is 0.304 e. The Balaban J connectivity index is 0.00000245. The van der Waals surface area contributed by atoms with Gasteiger partial charge in [0, 0.05) is 26.3 Å². The molecule has 0 N–H and O–H groups in total. The molecule has 32 heavy (non-hydrogen) atoms. The first kappa shape index (κ1) is 23.7. The molecule has 0 saturated heterocycles. The van der Waals surface area contributed by atoms with Gasteiger partial charge in [0.1, 0.15) is 0 Å². The number of hydrogen-bond acceptors (Lipinski definition) is 1. The Morgan fingerprint density at radius 2 is 1.28 bits per heavy atom. The van der Waals surface area contributed by atoms with Crippen molar-refractivity contribution in [2.24, 2.45) is 0 Å². The van der Waals surface area contributed by atoms with Crippen LogP contribution in [0.25, 0.3) is 22.0 Å². The minimum absolute atomic E-state index is 0. The number of pyridine rings is 1. The monoisotopic (exact) mass is 603 g/mol. The Hall–Kier alpha value is -1.50. The van der Waals surface area contributed by atoms with Crippen LogP contribution in [0.2, 0.25) is 0 Å². The fourth-order valence-electron chi connectivity index (χ4n) is 6.49. The summed E-state index contributed by atoms with van der Waals surface area (Å²) in [6.07, 6.45) is 5.61. The molecule has 0 amide bonds. The summed E-state index contributed by atoms with van der Waals surface area (Å²) in [4.78, 5) is 4.89. The molecule has 3 aromatic rings. The normalized spacial score (nSPS) is 21.5. The Labute approximate surface area is 207 Å². The summed E-state index contributed by atoms with van der Waals surface area (Å²) in [5.41, 5.74) is 8.91. The van der Waals surface area contributed by atoms with Gasteiger partial charge in [0.2, 0.25) is 0 Å². The molecule has 0 unspecified atom stereocenters. The zero-order chi connectivity index (χ0) is 22.4. The van der Waals surface area contributed by atoms with Crippen LogP contribution >= 0.6 is 0 Å². The first-order chi connectivity index (χ1) is 14.3. The van der Waals surface area contributed by atoms with Crippen LogP contribution in [0.3, 0.4) is 0 Å². The van der Waals surface area contributed by atoms with Gasteiger partial charge in [-0.15, -0.1) is 34.9 Å². The van der Waals surface area contributed by atoms with Gasteiger partial charge >= 0.3 is 0 Å². The third kappa shape index (κ3) is 3.50. The third-order valence-electron chi connectivity index (χ3n) is 8.28. The van der Waals surface area contributed by atoms with E-state index in [0.29, 0.717) is 0 Å². The van der Waals surface area contributed by atoms with Gasteiger partial charge in [-0.3, -0.25) is 0 Å². The minimum atomic E-state index is 0. The van der Waals surface area contributed by atoms with Crippen molar-refractivity contribution >= 4 is 10.8 Å². The van der Waals surface area contributed by atoms with E-state index >= 15 is 0 Å². The van der Waals surface area contributed by atoms with Crippen molar-refractivity contribution in [1.82, 2.24) is 4.98 Å². The Bertz CT molecular complexity index is 1210. The van der Waals surface area contributed by atoms with Crippen molar-refractivity contribution in [2.75, 3.05) is 0 Å². The number of hydrogen-bond donors (Lipinski definition) is 0. The van der Waals surface area contributed by atoms with Gasteiger partial charge < -0.3 is 4.98 Å². The van der Waals surface area contributed by atoms with E-state index in [0.717, 1.165) is 11.3 Å². The molecule has 1 nitrogen and oxygen atoms in total. The van der Waals surface area contributed by atoms with Gasteiger partial charge in [-0.2, -0.15) is 0 Å². The zero-order valence-electron chi connectivity index (χ0n) is 20.9. The van der Waals surface area contributed by atoms with Crippen LogP contribution in [-0.2, 0) is 41.8 Å². The smallest absolute Gasteiger partial charge is 0.0167 e. The van der Waals surface area contributed by atoms with Gasteiger partial charge in [-0.05, 0) is 74.6 Å². The molecule has 0 fully saturated rings. The van der Waals surface area contributed by atoms with Crippen molar-refractivity contribution in [3.8, 4) is 11.3 Å². The minimum Gasteiger partial charge on any atom is -0.304 e. The Kier molecular flexibility index (Phi) is 5.36. The van der Waals surface area contributed by atoms with Gasteiger partial charge in [-0.1, -0.05) is 67.5 Å². The summed E-state index contributed by atoms with van der Waals surface area (Å²) in [7, 11) is 0. The molecule has 0 atom stereocenters. The number of aromatic nitrogens is 1. The summed E-state index contributed by atoms with van der Waals surface area (Å²) in [6, 6.07) is 15.3. The first-order valence-corrected chi connectivity index (χ1v) is 11.8. The molecule has 171 valence electrons. The summed E-state index contributed by atoms with van der Waals surface area (Å²) in [5.74, 6) is 0. The molecule has 2 aliphatic carbocycles. The summed E-state index contributed by atoms with van der Waals surface area (Å²) in [6.45, 7) is 19.1. The van der Waals surface area contributed by atoms with Crippen molar-refractivity contribution in [3.05, 3.63) is 64.8 Å². The fraction of sp³-hybridized carbons (Fsp3) is 0.500. The van der Waals surface area contributed by atoms with Crippen LogP contribution in [0.15, 0.2) is 36.5 Å². The maximum absolute atomic E-state index is 4.89. The standard InChI is InChI=1S/C30H36N.Ir/c1-27(2)12-13-28(3,4)25-17-21-19(15-24(25)27)11-14-31-26(21)20-9-10-22-23(16-20)30(7,8)18-29(22,5)6;/h10-11,14-17H,12-13,18H2,1-8H3;/q-1;. The van der Waals surface area contributed by atoms with Crippen molar-refractivity contribution in [3.63, 3.8) is 0 Å². The maximum Gasteiger partial charge on any atom is 0.0167 e. The van der Waals surface area contributed by atoms with Gasteiger partial charge in [-0.25, -0.2) is 0 Å². The molecule has 0 bridgehead atoms. The van der Waals surface area contributed by atoms with Gasteiger partial charge in [0.15, 0.2) is 0 Å². The van der Waals surface area contributed by atoms with E-state index in [1.54, 1.807) is 0 Å². The second kappa shape index (κ2) is 7.25. The zero-order valence-corrected chi connectivity index (χ0v) is 23.3. The van der Waals surface area contributed by atoms with E-state index in [1.165, 1.54) is 52.3 Å². The van der Waals surface area contributed by atoms with Crippen LogP contribution in [0, 0.1) is 6.07 Å². The SMILES string of the molecule is CC1(C)CCC(C)(C)c2cc3c(-c4[c-]cc5c(c4)C(C)(C)CC5(C)C)nccc3cc21.[Ir]. The quantitative estimate of drug-likeness (QED) is 0.257. The van der Waals surface area contributed by atoms with Crippen LogP contribution in [0.5, 0.6) is 0 Å². The second-order valence-electron chi connectivity index (χ2n) is 12.7. The van der Waals surface area contributed by atoms with E-state index in [4.69, 9.17) is 4.98 Å². The third-order valence-corrected chi connectivity index (χ3v) is 8.28. The van der Waals surface area contributed by atoms with E-state index in [9.17, 15) is 0 Å². The average molecular weight is 603 g/mol. The van der Waals surface area contributed by atoms with E-state index < -0.39 is 0 Å². The van der Waals surface area contributed by atoms with Gasteiger partial charge in [0.05, 0.1) is 0 Å². The molecule has 1 aromatic heterocycles. The molecule has 0 saturated carbocycles. The predicted molar refractivity (Wildman–Crippen MR) is 132 cm³/mol. The Morgan fingerprint density at radius 3 is 1.94 bits per heavy atom. The van der Waals surface area contributed by atoms with Crippen LogP contribution in [0.4, 0.5) is 0 Å². The molecule has 1 radical (unpaired) electrons. The second-order valence-corrected chi connectivity index (χ2v) is 12.7. The van der Waals surface area contributed by atoms with E-state index in [-0.39, 0.29) is 41.8 Å². The average Bonchev–Trinajstić information content (AvgIpc) is 2.87. The number of rotatable bonds is 1. The topological polar surface area (TPSA) is 12.9 Å². The summed E-state index contributed by atoms with van der Waals surface area (Å²) >= 11 is 0. The van der Waals surface area contributed by atoms with Crippen LogP contribution < -0.4 is 0 Å². The molecular formula is C30H36IrN-. The molecule has 2 heteroatoms. The molecule has 1 heterocycles. The number of fused-ring (bicyclic) bond motifs is 3. The summed E-state index contributed by atoms with van der Waals surface area (Å²) < 4.78 is 0. The van der Waals surface area contributed by atoms with Crippen molar-refractivity contribution in [2.45, 2.75) is 96.3 Å². The van der Waals surface area contributed by atoms with Crippen molar-refractivity contribution < 1.29 is 20.1 Å². The van der Waals surface area contributed by atoms with E-state index in [2.05, 4.69) is 91.8 Å². The molecule has 0 spiro atoms. The predicted octanol–water partition coefficient (Wildman–Crippen LogP) is 8.01. The number of nitrogens with zero attached hydrogens (tertiary/aromatic N) is 1. The molecular weight excluding hydrogens is 567 g/mol. The van der Waals surface area contributed by atoms with Gasteiger partial charge in [0.25, 0.3) is 0 Å². The Morgan fingerprint density at radius 1 is 0.719 bits per heavy atom. The molecule has 2 aromatic carbocycles. The van der Waals surface area contributed by atoms with Crippen LogP contribution in [0.1, 0.15) is 96.9 Å². The first-order valence-electron chi connectivity index (χ1n) is 11.8. The van der Waals surface area contributed by atoms with E-state index in [1.807, 2.05) is 6.20 Å². The molecule has 0 aliphatic heterocycles. The fourth-order valence-corrected chi connectivity index (χ4v) is 6.49. The van der Waals surface area contributed by atoms with Crippen LogP contribution in [-0.4, -0.2) is 4.98 Å². The maximum atomic E-state index is 4.89. The van der Waals surface area contributed by atoms with Crippen molar-refractivity contribution in [1.29, 1.82) is 0 Å². The number of benzene rings is 2. The summed E-state index contributed by atoms with van der Waals surface area (Å²) in [5, 5.41) is 2.56. The molecule has 5 rings (SSSR count).